The summed E-state index contributed by atoms with van der Waals surface area (Å²) in [5, 5.41) is 3.90. The van der Waals surface area contributed by atoms with Crippen LogP contribution in [-0.4, -0.2) is 22.8 Å². The molecule has 1 aromatic carbocycles. The average molecular weight is 453 g/mol. The number of para-hydroxylation sites is 1. The van der Waals surface area contributed by atoms with Gasteiger partial charge < -0.3 is 4.90 Å². The Hall–Kier alpha value is -2.77. The summed E-state index contributed by atoms with van der Waals surface area (Å²) >= 11 is 2.80. The van der Waals surface area contributed by atoms with Gasteiger partial charge in [-0.1, -0.05) is 39.0 Å². The molecule has 5 nitrogen and oxygen atoms in total. The van der Waals surface area contributed by atoms with Crippen LogP contribution in [0, 0.1) is 5.41 Å². The van der Waals surface area contributed by atoms with E-state index in [1.54, 1.807) is 16.2 Å². The monoisotopic (exact) mass is 452 g/mol. The molecule has 1 amide bonds. The summed E-state index contributed by atoms with van der Waals surface area (Å²) in [6.07, 6.45) is 4.12. The third-order valence-corrected chi connectivity index (χ3v) is 7.01. The quantitative estimate of drug-likeness (QED) is 0.612. The van der Waals surface area contributed by atoms with Crippen molar-refractivity contribution in [2.24, 2.45) is 5.41 Å². The number of nitrogens with zero attached hydrogens (tertiary/aromatic N) is 2. The van der Waals surface area contributed by atoms with E-state index in [4.69, 9.17) is 0 Å². The summed E-state index contributed by atoms with van der Waals surface area (Å²) in [5.74, 6) is -0.228. The fourth-order valence-electron chi connectivity index (χ4n) is 3.45. The number of thiophene rings is 1. The van der Waals surface area contributed by atoms with Crippen LogP contribution < -0.4 is 19.7 Å². The number of carbonyl (C=O) groups excluding carboxylic acids is 2. The number of amides is 1. The van der Waals surface area contributed by atoms with Gasteiger partial charge in [0.15, 0.2) is 5.78 Å². The molecule has 2 aromatic heterocycles. The first-order chi connectivity index (χ1) is 14.7. The maximum Gasteiger partial charge on any atom is 0.269 e. The number of benzene rings is 1. The fraction of sp³-hybridized carbons (Fsp3) is 0.292. The van der Waals surface area contributed by atoms with Gasteiger partial charge in [0.1, 0.15) is 11.2 Å². The molecule has 0 radical (unpaired) electrons. The van der Waals surface area contributed by atoms with Crippen molar-refractivity contribution in [2.45, 2.75) is 33.7 Å². The lowest BCUT2D eigenvalue weighted by molar-refractivity contribution is -0.120. The molecule has 0 N–H and O–H groups in total. The maximum atomic E-state index is 13.2. The second kappa shape index (κ2) is 8.40. The lowest BCUT2D eigenvalue weighted by Gasteiger charge is -2.17. The first-order valence-corrected chi connectivity index (χ1v) is 11.9. The minimum Gasteiger partial charge on any atom is -0.310 e. The molecule has 1 aliphatic heterocycles. The van der Waals surface area contributed by atoms with Crippen LogP contribution in [0.1, 0.15) is 31.9 Å². The van der Waals surface area contributed by atoms with E-state index in [1.165, 1.54) is 22.0 Å². The van der Waals surface area contributed by atoms with Gasteiger partial charge in [0.05, 0.1) is 4.53 Å². The molecule has 0 fully saturated rings. The van der Waals surface area contributed by atoms with E-state index in [9.17, 15) is 14.4 Å². The largest absolute Gasteiger partial charge is 0.310 e. The Morgan fingerprint density at radius 3 is 2.65 bits per heavy atom. The van der Waals surface area contributed by atoms with Crippen LogP contribution in [0.5, 0.6) is 0 Å². The molecule has 7 heteroatoms. The molecule has 0 spiro atoms. The van der Waals surface area contributed by atoms with Crippen LogP contribution in [0.15, 0.2) is 45.9 Å². The van der Waals surface area contributed by atoms with E-state index >= 15 is 0 Å². The van der Waals surface area contributed by atoms with E-state index < -0.39 is 5.41 Å². The standard InChI is InChI=1S/C24H24N2O3S2/c1-24(2,3)20(27)13-22-26(23(29)19(31-22)12-16-9-11-30-15-16)14-21(28)25-10-8-17-6-4-5-7-18(17)25/h4-7,9,11-13,15H,8,10,14H2,1-3H3/b19-12-,22-13-. The lowest BCUT2D eigenvalue weighted by Crippen LogP contribution is -2.40. The number of anilines is 1. The number of aromatic nitrogens is 1. The Kier molecular flexibility index (Phi) is 5.81. The van der Waals surface area contributed by atoms with Crippen molar-refractivity contribution in [3.63, 3.8) is 0 Å². The van der Waals surface area contributed by atoms with Gasteiger partial charge >= 0.3 is 0 Å². The van der Waals surface area contributed by atoms with Gasteiger partial charge in [-0.2, -0.15) is 11.3 Å². The second-order valence-electron chi connectivity index (χ2n) is 8.58. The molecule has 160 valence electrons. The summed E-state index contributed by atoms with van der Waals surface area (Å²) in [7, 11) is 0. The van der Waals surface area contributed by atoms with Crippen LogP contribution in [0.2, 0.25) is 0 Å². The number of rotatable bonds is 4. The summed E-state index contributed by atoms with van der Waals surface area (Å²) in [5.41, 5.74) is 2.15. The van der Waals surface area contributed by atoms with E-state index in [0.29, 0.717) is 15.7 Å². The fourth-order valence-corrected chi connectivity index (χ4v) is 5.11. The third-order valence-electron chi connectivity index (χ3n) is 5.25. The third kappa shape index (κ3) is 4.48. The van der Waals surface area contributed by atoms with Gasteiger partial charge in [-0.15, -0.1) is 11.3 Å². The molecule has 0 aliphatic carbocycles. The Bertz CT molecular complexity index is 1310. The smallest absolute Gasteiger partial charge is 0.269 e. The summed E-state index contributed by atoms with van der Waals surface area (Å²) < 4.78 is 2.46. The van der Waals surface area contributed by atoms with Crippen molar-refractivity contribution in [2.75, 3.05) is 11.4 Å². The molecule has 0 saturated carbocycles. The highest BCUT2D eigenvalue weighted by molar-refractivity contribution is 7.08. The number of Topliss-reactive ketones (excluding diaryl/α,β-unsaturated/α-hetero) is 1. The highest BCUT2D eigenvalue weighted by atomic mass is 32.1. The Morgan fingerprint density at radius 2 is 1.94 bits per heavy atom. The zero-order valence-electron chi connectivity index (χ0n) is 17.8. The minimum atomic E-state index is -0.569. The maximum absolute atomic E-state index is 13.2. The SMILES string of the molecule is CC(C)(C)C(=O)/C=c1\s/c(=C\c2ccsc2)c(=O)n1CC(=O)N1CCc2ccccc21. The predicted molar refractivity (Wildman–Crippen MR) is 127 cm³/mol. The molecule has 3 aromatic rings. The Balaban J connectivity index is 1.77. The van der Waals surface area contributed by atoms with Gasteiger partial charge in [-0.05, 0) is 46.5 Å². The number of thiazole rings is 1. The molecular formula is C24H24N2O3S2. The van der Waals surface area contributed by atoms with Gasteiger partial charge in [0, 0.05) is 23.7 Å². The molecule has 0 saturated heterocycles. The van der Waals surface area contributed by atoms with Crippen molar-refractivity contribution in [3.8, 4) is 0 Å². The number of carbonyl (C=O) groups is 2. The van der Waals surface area contributed by atoms with Crippen molar-refractivity contribution >= 4 is 52.2 Å². The predicted octanol–water partition coefficient (Wildman–Crippen LogP) is 2.79. The number of hydrogen-bond donors (Lipinski definition) is 0. The van der Waals surface area contributed by atoms with Crippen LogP contribution in [0.3, 0.4) is 0 Å². The van der Waals surface area contributed by atoms with Crippen molar-refractivity contribution in [1.29, 1.82) is 0 Å². The van der Waals surface area contributed by atoms with E-state index in [1.807, 2.05) is 67.9 Å². The molecule has 0 unspecified atom stereocenters. The van der Waals surface area contributed by atoms with Crippen LogP contribution in [-0.2, 0) is 22.6 Å². The highest BCUT2D eigenvalue weighted by Gasteiger charge is 2.25. The normalized spacial score (nSPS) is 14.9. The first-order valence-electron chi connectivity index (χ1n) is 10.1. The average Bonchev–Trinajstić information content (AvgIpc) is 3.44. The van der Waals surface area contributed by atoms with E-state index in [0.717, 1.165) is 23.2 Å². The van der Waals surface area contributed by atoms with Crippen LogP contribution in [0.4, 0.5) is 5.69 Å². The molecule has 3 heterocycles. The number of ketones is 1. The minimum absolute atomic E-state index is 0.0800. The van der Waals surface area contributed by atoms with Crippen molar-refractivity contribution < 1.29 is 9.59 Å². The van der Waals surface area contributed by atoms with Crippen molar-refractivity contribution in [3.05, 3.63) is 71.8 Å². The summed E-state index contributed by atoms with van der Waals surface area (Å²) in [4.78, 5) is 40.7. The van der Waals surface area contributed by atoms with Crippen molar-refractivity contribution in [1.82, 2.24) is 4.57 Å². The molecule has 31 heavy (non-hydrogen) atoms. The first kappa shape index (κ1) is 21.5. The topological polar surface area (TPSA) is 59.4 Å². The zero-order chi connectivity index (χ0) is 22.2. The molecule has 1 aliphatic rings. The van der Waals surface area contributed by atoms with Crippen LogP contribution >= 0.6 is 22.7 Å². The van der Waals surface area contributed by atoms with Gasteiger partial charge in [0.25, 0.3) is 5.56 Å². The summed E-state index contributed by atoms with van der Waals surface area (Å²) in [6, 6.07) is 9.77. The van der Waals surface area contributed by atoms with Gasteiger partial charge in [0.2, 0.25) is 5.91 Å². The van der Waals surface area contributed by atoms with Gasteiger partial charge in [-0.25, -0.2) is 0 Å². The Labute approximate surface area is 188 Å². The lowest BCUT2D eigenvalue weighted by atomic mass is 9.91. The van der Waals surface area contributed by atoms with Gasteiger partial charge in [-0.3, -0.25) is 19.0 Å². The second-order valence-corrected chi connectivity index (χ2v) is 10.4. The summed E-state index contributed by atoms with van der Waals surface area (Å²) in [6.45, 7) is 6.03. The Morgan fingerprint density at radius 1 is 1.16 bits per heavy atom. The van der Waals surface area contributed by atoms with E-state index in [2.05, 4.69) is 0 Å². The highest BCUT2D eigenvalue weighted by Crippen LogP contribution is 2.27. The van der Waals surface area contributed by atoms with Crippen LogP contribution in [0.25, 0.3) is 12.2 Å². The molecule has 4 rings (SSSR count). The number of fused-ring (bicyclic) bond motifs is 1. The van der Waals surface area contributed by atoms with E-state index in [-0.39, 0.29) is 23.8 Å². The zero-order valence-corrected chi connectivity index (χ0v) is 19.4. The molecular weight excluding hydrogens is 428 g/mol. The molecule has 0 bridgehead atoms. The number of hydrogen-bond acceptors (Lipinski definition) is 5. The molecule has 0 atom stereocenters.